The summed E-state index contributed by atoms with van der Waals surface area (Å²) in [6.45, 7) is 4.18. The third-order valence-corrected chi connectivity index (χ3v) is 2.52. The lowest BCUT2D eigenvalue weighted by atomic mass is 10.2. The molecule has 0 spiro atoms. The molecule has 1 rings (SSSR count). The van der Waals surface area contributed by atoms with Crippen molar-refractivity contribution in [1.82, 2.24) is 0 Å². The summed E-state index contributed by atoms with van der Waals surface area (Å²) in [6, 6.07) is 3.55. The van der Waals surface area contributed by atoms with Gasteiger partial charge in [0, 0.05) is 5.69 Å². The van der Waals surface area contributed by atoms with E-state index in [1.807, 2.05) is 13.0 Å². The van der Waals surface area contributed by atoms with Gasteiger partial charge in [-0.15, -0.1) is 0 Å². The first-order valence-electron chi connectivity index (χ1n) is 5.32. The highest BCUT2D eigenvalue weighted by Crippen LogP contribution is 2.30. The molecule has 17 heavy (non-hydrogen) atoms. The van der Waals surface area contributed by atoms with Crippen LogP contribution in [0.3, 0.4) is 0 Å². The Balaban J connectivity index is 2.72. The molecule has 0 amide bonds. The van der Waals surface area contributed by atoms with Crippen LogP contribution in [0.5, 0.6) is 5.75 Å². The van der Waals surface area contributed by atoms with E-state index in [1.54, 1.807) is 20.1 Å². The van der Waals surface area contributed by atoms with Crippen molar-refractivity contribution in [3.8, 4) is 5.75 Å². The number of methoxy groups -OCH3 is 1. The Bertz CT molecular complexity index is 407. The molecule has 4 nitrogen and oxygen atoms in total. The van der Waals surface area contributed by atoms with Crippen molar-refractivity contribution in [1.29, 1.82) is 0 Å². The van der Waals surface area contributed by atoms with E-state index in [1.165, 1.54) is 0 Å². The smallest absolute Gasteiger partial charge is 0.325 e. The van der Waals surface area contributed by atoms with E-state index in [9.17, 15) is 4.79 Å². The second-order valence-corrected chi connectivity index (χ2v) is 3.87. The van der Waals surface area contributed by atoms with Crippen molar-refractivity contribution in [3.63, 3.8) is 0 Å². The van der Waals surface area contributed by atoms with Crippen LogP contribution >= 0.6 is 11.6 Å². The maximum atomic E-state index is 11.2. The molecule has 0 heterocycles. The van der Waals surface area contributed by atoms with Gasteiger partial charge in [0.15, 0.2) is 0 Å². The first kappa shape index (κ1) is 13.6. The maximum Gasteiger partial charge on any atom is 0.325 e. The molecule has 0 atom stereocenters. The Kier molecular flexibility index (Phi) is 5.10. The summed E-state index contributed by atoms with van der Waals surface area (Å²) in [6.07, 6.45) is 0. The molecule has 94 valence electrons. The number of ether oxygens (including phenoxy) is 2. The molecule has 0 saturated carbocycles. The molecule has 0 aliphatic rings. The van der Waals surface area contributed by atoms with Gasteiger partial charge in [0.1, 0.15) is 12.3 Å². The van der Waals surface area contributed by atoms with Gasteiger partial charge in [0.25, 0.3) is 0 Å². The van der Waals surface area contributed by atoms with Gasteiger partial charge in [0.2, 0.25) is 0 Å². The molecule has 0 saturated heterocycles. The zero-order valence-corrected chi connectivity index (χ0v) is 10.9. The van der Waals surface area contributed by atoms with Crippen LogP contribution in [0.15, 0.2) is 12.1 Å². The quantitative estimate of drug-likeness (QED) is 0.824. The van der Waals surface area contributed by atoms with Crippen LogP contribution in [-0.4, -0.2) is 26.2 Å². The average molecular weight is 258 g/mol. The fraction of sp³-hybridized carbons (Fsp3) is 0.417. The Morgan fingerprint density at radius 2 is 2.18 bits per heavy atom. The normalized spacial score (nSPS) is 9.88. The topological polar surface area (TPSA) is 47.6 Å². The number of benzene rings is 1. The summed E-state index contributed by atoms with van der Waals surface area (Å²) in [5.74, 6) is 0.324. The van der Waals surface area contributed by atoms with Crippen LogP contribution in [0.1, 0.15) is 12.5 Å². The van der Waals surface area contributed by atoms with Gasteiger partial charge in [-0.3, -0.25) is 4.79 Å². The van der Waals surface area contributed by atoms with Crippen LogP contribution < -0.4 is 10.1 Å². The summed E-state index contributed by atoms with van der Waals surface area (Å²) in [5, 5.41) is 3.48. The summed E-state index contributed by atoms with van der Waals surface area (Å²) < 4.78 is 9.91. The molecule has 1 aromatic rings. The van der Waals surface area contributed by atoms with Gasteiger partial charge in [0.05, 0.1) is 18.7 Å². The number of carbonyl (C=O) groups excluding carboxylic acids is 1. The van der Waals surface area contributed by atoms with E-state index < -0.39 is 0 Å². The first-order valence-corrected chi connectivity index (χ1v) is 5.70. The molecule has 0 aliphatic carbocycles. The van der Waals surface area contributed by atoms with Gasteiger partial charge in [-0.2, -0.15) is 0 Å². The van der Waals surface area contributed by atoms with E-state index in [0.29, 0.717) is 17.4 Å². The first-order chi connectivity index (χ1) is 8.08. The average Bonchev–Trinajstić information content (AvgIpc) is 2.30. The molecule has 0 fully saturated rings. The molecular formula is C12H16ClNO3. The van der Waals surface area contributed by atoms with Crippen molar-refractivity contribution in [2.75, 3.05) is 25.6 Å². The molecule has 0 aliphatic heterocycles. The molecule has 1 aromatic carbocycles. The third kappa shape index (κ3) is 3.82. The summed E-state index contributed by atoms with van der Waals surface area (Å²) >= 11 is 6.00. The molecule has 0 unspecified atom stereocenters. The van der Waals surface area contributed by atoms with Crippen molar-refractivity contribution < 1.29 is 14.3 Å². The van der Waals surface area contributed by atoms with Gasteiger partial charge in [-0.25, -0.2) is 0 Å². The predicted molar refractivity (Wildman–Crippen MR) is 67.9 cm³/mol. The Labute approximate surface area is 106 Å². The van der Waals surface area contributed by atoms with E-state index in [0.717, 1.165) is 11.3 Å². The fourth-order valence-electron chi connectivity index (χ4n) is 1.38. The van der Waals surface area contributed by atoms with Crippen LogP contribution in [-0.2, 0) is 9.53 Å². The van der Waals surface area contributed by atoms with Gasteiger partial charge < -0.3 is 14.8 Å². The lowest BCUT2D eigenvalue weighted by Gasteiger charge is -2.11. The number of rotatable bonds is 5. The Morgan fingerprint density at radius 3 is 2.76 bits per heavy atom. The second-order valence-electron chi connectivity index (χ2n) is 3.46. The van der Waals surface area contributed by atoms with Crippen molar-refractivity contribution in [3.05, 3.63) is 22.7 Å². The zero-order chi connectivity index (χ0) is 12.8. The fourth-order valence-corrected chi connectivity index (χ4v) is 1.62. The maximum absolute atomic E-state index is 11.2. The van der Waals surface area contributed by atoms with Crippen molar-refractivity contribution in [2.24, 2.45) is 0 Å². The largest absolute Gasteiger partial charge is 0.495 e. The lowest BCUT2D eigenvalue weighted by molar-refractivity contribution is -0.140. The number of nitrogens with one attached hydrogen (secondary N) is 1. The van der Waals surface area contributed by atoms with Crippen molar-refractivity contribution in [2.45, 2.75) is 13.8 Å². The molecular weight excluding hydrogens is 242 g/mol. The summed E-state index contributed by atoms with van der Waals surface area (Å²) in [5.41, 5.74) is 1.75. The van der Waals surface area contributed by atoms with E-state index in [-0.39, 0.29) is 12.5 Å². The summed E-state index contributed by atoms with van der Waals surface area (Å²) in [7, 11) is 1.56. The highest BCUT2D eigenvalue weighted by atomic mass is 35.5. The standard InChI is InChI=1S/C12H16ClNO3/c1-4-17-12(15)7-14-10-6-9(13)11(16-3)5-8(10)2/h5-6,14H,4,7H2,1-3H3. The number of aryl methyl sites for hydroxylation is 1. The Morgan fingerprint density at radius 1 is 1.47 bits per heavy atom. The molecule has 1 N–H and O–H groups in total. The molecule has 5 heteroatoms. The summed E-state index contributed by atoms with van der Waals surface area (Å²) in [4.78, 5) is 11.2. The van der Waals surface area contributed by atoms with Gasteiger partial charge in [-0.05, 0) is 31.5 Å². The van der Waals surface area contributed by atoms with E-state index in [4.69, 9.17) is 21.1 Å². The van der Waals surface area contributed by atoms with Gasteiger partial charge in [-0.1, -0.05) is 11.6 Å². The van der Waals surface area contributed by atoms with Crippen LogP contribution in [0.25, 0.3) is 0 Å². The minimum absolute atomic E-state index is 0.122. The van der Waals surface area contributed by atoms with Crippen LogP contribution in [0, 0.1) is 6.92 Å². The number of hydrogen-bond acceptors (Lipinski definition) is 4. The molecule has 0 radical (unpaired) electrons. The number of carbonyl (C=O) groups is 1. The monoisotopic (exact) mass is 257 g/mol. The highest BCUT2D eigenvalue weighted by Gasteiger charge is 2.07. The minimum Gasteiger partial charge on any atom is -0.495 e. The van der Waals surface area contributed by atoms with Crippen LogP contribution in [0.4, 0.5) is 5.69 Å². The highest BCUT2D eigenvalue weighted by molar-refractivity contribution is 6.32. The Hall–Kier alpha value is -1.42. The lowest BCUT2D eigenvalue weighted by Crippen LogP contribution is -2.17. The minimum atomic E-state index is -0.293. The molecule has 0 aromatic heterocycles. The third-order valence-electron chi connectivity index (χ3n) is 2.23. The van der Waals surface area contributed by atoms with Crippen molar-refractivity contribution >= 4 is 23.3 Å². The van der Waals surface area contributed by atoms with Gasteiger partial charge >= 0.3 is 5.97 Å². The number of halogens is 1. The SMILES string of the molecule is CCOC(=O)CNc1cc(Cl)c(OC)cc1C. The van der Waals surface area contributed by atoms with Crippen LogP contribution in [0.2, 0.25) is 5.02 Å². The molecule has 0 bridgehead atoms. The zero-order valence-electron chi connectivity index (χ0n) is 10.2. The van der Waals surface area contributed by atoms with E-state index >= 15 is 0 Å². The second kappa shape index (κ2) is 6.35. The number of hydrogen-bond donors (Lipinski definition) is 1. The number of anilines is 1. The van der Waals surface area contributed by atoms with E-state index in [2.05, 4.69) is 5.32 Å². The predicted octanol–water partition coefficient (Wildman–Crippen LogP) is 2.63. The number of esters is 1.